The Hall–Kier alpha value is -2.34. The van der Waals surface area contributed by atoms with E-state index in [1.54, 1.807) is 60.7 Å². The summed E-state index contributed by atoms with van der Waals surface area (Å²) in [4.78, 5) is 12.1. The number of para-hydroxylation sites is 1. The molecule has 1 atom stereocenters. The van der Waals surface area contributed by atoms with E-state index in [0.29, 0.717) is 11.3 Å². The molecule has 6 heteroatoms. The average molecular weight is 319 g/mol. The number of ether oxygens (including phenoxy) is 1. The number of nitrogens with zero attached hydrogens (tertiary/aromatic N) is 1. The number of rotatable bonds is 5. The molecule has 5 nitrogen and oxygen atoms in total. The predicted molar refractivity (Wildman–Crippen MR) is 85.0 cm³/mol. The smallest absolute Gasteiger partial charge is 0.330 e. The summed E-state index contributed by atoms with van der Waals surface area (Å²) in [7, 11) is -1.36. The molecule has 0 aromatic heterocycles. The minimum atomic E-state index is -3.96. The third-order valence-corrected chi connectivity index (χ3v) is 5.35. The molecule has 22 heavy (non-hydrogen) atoms. The largest absolute Gasteiger partial charge is 0.468 e. The zero-order valence-corrected chi connectivity index (χ0v) is 13.2. The molecule has 0 fully saturated rings. The van der Waals surface area contributed by atoms with Crippen LogP contribution >= 0.6 is 0 Å². The minimum Gasteiger partial charge on any atom is -0.468 e. The maximum atomic E-state index is 12.9. The van der Waals surface area contributed by atoms with Crippen molar-refractivity contribution in [3.8, 4) is 0 Å². The first-order chi connectivity index (χ1) is 10.5. The van der Waals surface area contributed by atoms with Gasteiger partial charge in [0.25, 0.3) is 10.0 Å². The highest BCUT2D eigenvalue weighted by atomic mass is 32.2. The van der Waals surface area contributed by atoms with Crippen LogP contribution in [0.15, 0.2) is 60.7 Å². The van der Waals surface area contributed by atoms with Crippen molar-refractivity contribution in [2.45, 2.75) is 5.25 Å². The van der Waals surface area contributed by atoms with Gasteiger partial charge in [-0.1, -0.05) is 48.5 Å². The molecule has 0 spiro atoms. The molecule has 0 N–H and O–H groups in total. The summed E-state index contributed by atoms with van der Waals surface area (Å²) in [6, 6.07) is 16.9. The van der Waals surface area contributed by atoms with Gasteiger partial charge >= 0.3 is 5.97 Å². The second-order valence-corrected chi connectivity index (χ2v) is 6.71. The van der Waals surface area contributed by atoms with E-state index in [1.165, 1.54) is 14.2 Å². The number of sulfonamides is 1. The van der Waals surface area contributed by atoms with Crippen molar-refractivity contribution >= 4 is 21.7 Å². The van der Waals surface area contributed by atoms with Gasteiger partial charge in [0.2, 0.25) is 5.25 Å². The van der Waals surface area contributed by atoms with Crippen LogP contribution in [0.3, 0.4) is 0 Å². The molecule has 0 amide bonds. The summed E-state index contributed by atoms with van der Waals surface area (Å²) in [5, 5.41) is -1.40. The highest BCUT2D eigenvalue weighted by Gasteiger charge is 2.38. The number of esters is 1. The van der Waals surface area contributed by atoms with E-state index in [0.717, 1.165) is 4.31 Å². The van der Waals surface area contributed by atoms with Crippen molar-refractivity contribution in [2.75, 3.05) is 18.5 Å². The summed E-state index contributed by atoms with van der Waals surface area (Å²) in [6.07, 6.45) is 0. The quantitative estimate of drug-likeness (QED) is 0.794. The van der Waals surface area contributed by atoms with E-state index in [2.05, 4.69) is 0 Å². The highest BCUT2D eigenvalue weighted by Crippen LogP contribution is 2.29. The first-order valence-electron chi connectivity index (χ1n) is 6.64. The van der Waals surface area contributed by atoms with Gasteiger partial charge in [-0.05, 0) is 17.7 Å². The van der Waals surface area contributed by atoms with E-state index < -0.39 is 21.2 Å². The minimum absolute atomic E-state index is 0.372. The first-order valence-corrected chi connectivity index (χ1v) is 8.14. The van der Waals surface area contributed by atoms with Gasteiger partial charge in [-0.15, -0.1) is 0 Å². The lowest BCUT2D eigenvalue weighted by molar-refractivity contribution is -0.140. The molecule has 2 rings (SSSR count). The van der Waals surface area contributed by atoms with E-state index in [-0.39, 0.29) is 0 Å². The van der Waals surface area contributed by atoms with Crippen LogP contribution in [-0.4, -0.2) is 28.5 Å². The van der Waals surface area contributed by atoms with Crippen LogP contribution < -0.4 is 4.31 Å². The molecule has 0 aliphatic carbocycles. The first kappa shape index (κ1) is 16.0. The molecular weight excluding hydrogens is 302 g/mol. The molecule has 1 unspecified atom stereocenters. The molecule has 0 bridgehead atoms. The van der Waals surface area contributed by atoms with Gasteiger partial charge in [0.15, 0.2) is 0 Å². The van der Waals surface area contributed by atoms with Crippen LogP contribution in [-0.2, 0) is 19.6 Å². The molecule has 0 aliphatic heterocycles. The van der Waals surface area contributed by atoms with Crippen LogP contribution in [0.5, 0.6) is 0 Å². The van der Waals surface area contributed by atoms with Gasteiger partial charge in [-0.25, -0.2) is 8.42 Å². The molecule has 2 aromatic carbocycles. The fourth-order valence-corrected chi connectivity index (χ4v) is 3.68. The van der Waals surface area contributed by atoms with Gasteiger partial charge in [0.1, 0.15) is 0 Å². The summed E-state index contributed by atoms with van der Waals surface area (Å²) in [6.45, 7) is 0. The lowest BCUT2D eigenvalue weighted by Gasteiger charge is -2.24. The number of methoxy groups -OCH3 is 1. The molecule has 0 aliphatic rings. The van der Waals surface area contributed by atoms with E-state index >= 15 is 0 Å². The molecule has 0 heterocycles. The molecular formula is C16H17NO4S. The Balaban J connectivity index is 2.49. The normalized spacial score (nSPS) is 12.5. The SMILES string of the molecule is COC(=O)C(c1ccccc1)S(=O)(=O)N(C)c1ccccc1. The molecule has 0 saturated heterocycles. The Morgan fingerprint density at radius 2 is 1.50 bits per heavy atom. The van der Waals surface area contributed by atoms with E-state index in [4.69, 9.17) is 4.74 Å². The van der Waals surface area contributed by atoms with E-state index in [1.807, 2.05) is 0 Å². The number of hydrogen-bond acceptors (Lipinski definition) is 4. The zero-order valence-electron chi connectivity index (χ0n) is 12.3. The number of benzene rings is 2. The number of hydrogen-bond donors (Lipinski definition) is 0. The van der Waals surface area contributed by atoms with Gasteiger partial charge < -0.3 is 4.74 Å². The van der Waals surface area contributed by atoms with Crippen molar-refractivity contribution in [3.05, 3.63) is 66.2 Å². The third-order valence-electron chi connectivity index (χ3n) is 3.32. The van der Waals surface area contributed by atoms with Crippen molar-refractivity contribution in [2.24, 2.45) is 0 Å². The number of anilines is 1. The average Bonchev–Trinajstić information content (AvgIpc) is 2.55. The maximum absolute atomic E-state index is 12.9. The summed E-state index contributed by atoms with van der Waals surface area (Å²) < 4.78 is 31.5. The van der Waals surface area contributed by atoms with Gasteiger partial charge in [-0.3, -0.25) is 9.10 Å². The van der Waals surface area contributed by atoms with Crippen LogP contribution in [0.4, 0.5) is 5.69 Å². The summed E-state index contributed by atoms with van der Waals surface area (Å²) >= 11 is 0. The van der Waals surface area contributed by atoms with Gasteiger partial charge in [0, 0.05) is 7.05 Å². The Kier molecular flexibility index (Phi) is 4.82. The third kappa shape index (κ3) is 3.12. The fraction of sp³-hybridized carbons (Fsp3) is 0.188. The Bertz CT molecular complexity index is 729. The summed E-state index contributed by atoms with van der Waals surface area (Å²) in [5.41, 5.74) is 0.851. The monoisotopic (exact) mass is 319 g/mol. The van der Waals surface area contributed by atoms with E-state index in [9.17, 15) is 13.2 Å². The van der Waals surface area contributed by atoms with Gasteiger partial charge in [0.05, 0.1) is 12.8 Å². The molecule has 2 aromatic rings. The van der Waals surface area contributed by atoms with Crippen LogP contribution in [0.2, 0.25) is 0 Å². The van der Waals surface area contributed by atoms with Crippen molar-refractivity contribution in [1.82, 2.24) is 0 Å². The van der Waals surface area contributed by atoms with Crippen LogP contribution in [0.1, 0.15) is 10.8 Å². The number of carbonyl (C=O) groups excluding carboxylic acids is 1. The molecule has 0 saturated carbocycles. The van der Waals surface area contributed by atoms with Crippen molar-refractivity contribution in [3.63, 3.8) is 0 Å². The number of carbonyl (C=O) groups is 1. The van der Waals surface area contributed by atoms with Crippen LogP contribution in [0, 0.1) is 0 Å². The fourth-order valence-electron chi connectivity index (χ4n) is 2.11. The summed E-state index contributed by atoms with van der Waals surface area (Å²) in [5.74, 6) is -0.811. The second kappa shape index (κ2) is 6.62. The van der Waals surface area contributed by atoms with Gasteiger partial charge in [-0.2, -0.15) is 0 Å². The molecule has 116 valence electrons. The second-order valence-electron chi connectivity index (χ2n) is 4.66. The lowest BCUT2D eigenvalue weighted by atomic mass is 10.1. The van der Waals surface area contributed by atoms with Crippen molar-refractivity contribution in [1.29, 1.82) is 0 Å². The standard InChI is InChI=1S/C16H17NO4S/c1-17(14-11-7-4-8-12-14)22(19,20)15(16(18)21-2)13-9-5-3-6-10-13/h3-12,15H,1-2H3. The molecule has 0 radical (unpaired) electrons. The maximum Gasteiger partial charge on any atom is 0.330 e. The Morgan fingerprint density at radius 1 is 1.00 bits per heavy atom. The Labute approximate surface area is 130 Å². The highest BCUT2D eigenvalue weighted by molar-refractivity contribution is 7.93. The topological polar surface area (TPSA) is 63.7 Å². The Morgan fingerprint density at radius 3 is 2.00 bits per heavy atom. The predicted octanol–water partition coefficient (Wildman–Crippen LogP) is 2.37. The van der Waals surface area contributed by atoms with Crippen LogP contribution in [0.25, 0.3) is 0 Å². The van der Waals surface area contributed by atoms with Crippen molar-refractivity contribution < 1.29 is 17.9 Å². The lowest BCUT2D eigenvalue weighted by Crippen LogP contribution is -2.35. The zero-order chi connectivity index (χ0) is 16.2.